The van der Waals surface area contributed by atoms with E-state index in [1.165, 1.54) is 6.42 Å². The normalized spacial score (nSPS) is 22.0. The lowest BCUT2D eigenvalue weighted by atomic mass is 10.0. The van der Waals surface area contributed by atoms with E-state index in [9.17, 15) is 5.11 Å². The lowest BCUT2D eigenvalue weighted by Gasteiger charge is -2.13. The number of phenolic OH excluding ortho intramolecular Hbond substituents is 1. The van der Waals surface area contributed by atoms with Crippen molar-refractivity contribution in [2.75, 3.05) is 12.3 Å². The minimum Gasteiger partial charge on any atom is -0.505 e. The van der Waals surface area contributed by atoms with Crippen molar-refractivity contribution in [1.29, 1.82) is 0 Å². The molecule has 0 aliphatic carbocycles. The zero-order valence-corrected chi connectivity index (χ0v) is 7.46. The van der Waals surface area contributed by atoms with Gasteiger partial charge in [0.1, 0.15) is 5.75 Å². The highest BCUT2D eigenvalue weighted by Gasteiger charge is 2.19. The first-order valence-electron chi connectivity index (χ1n) is 4.60. The number of benzene rings is 1. The van der Waals surface area contributed by atoms with Crippen molar-refractivity contribution in [2.45, 2.75) is 18.9 Å². The summed E-state index contributed by atoms with van der Waals surface area (Å²) in [5.74, 6) is 0.238. The molecule has 1 aliphatic heterocycles. The second-order valence-electron chi connectivity index (χ2n) is 3.43. The summed E-state index contributed by atoms with van der Waals surface area (Å²) in [5.41, 5.74) is 7.00. The van der Waals surface area contributed by atoms with E-state index in [2.05, 4.69) is 5.32 Å². The summed E-state index contributed by atoms with van der Waals surface area (Å²) in [7, 11) is 0. The van der Waals surface area contributed by atoms with Crippen molar-refractivity contribution in [2.24, 2.45) is 0 Å². The minimum absolute atomic E-state index is 0.238. The predicted octanol–water partition coefficient (Wildman–Crippen LogP) is 1.40. The first-order chi connectivity index (χ1) is 6.29. The number of phenols is 1. The third-order valence-electron chi connectivity index (χ3n) is 2.53. The van der Waals surface area contributed by atoms with Gasteiger partial charge in [0.2, 0.25) is 0 Å². The van der Waals surface area contributed by atoms with E-state index < -0.39 is 0 Å². The van der Waals surface area contributed by atoms with E-state index in [1.807, 2.05) is 12.1 Å². The fraction of sp³-hybridized carbons (Fsp3) is 0.400. The summed E-state index contributed by atoms with van der Waals surface area (Å²) in [6, 6.07) is 5.80. The van der Waals surface area contributed by atoms with Crippen LogP contribution in [0.3, 0.4) is 0 Å². The number of nitrogen functional groups attached to an aromatic ring is 1. The Balaban J connectivity index is 2.33. The summed E-state index contributed by atoms with van der Waals surface area (Å²) in [6.45, 7) is 1.03. The molecule has 0 bridgehead atoms. The van der Waals surface area contributed by atoms with Crippen molar-refractivity contribution < 1.29 is 5.11 Å². The summed E-state index contributed by atoms with van der Waals surface area (Å²) in [6.07, 6.45) is 2.25. The second-order valence-corrected chi connectivity index (χ2v) is 3.43. The molecule has 1 aromatic carbocycles. The zero-order valence-electron chi connectivity index (χ0n) is 7.46. The standard InChI is InChI=1S/C10H14N2O/c11-8-4-1-3-7(10(8)13)9-5-2-6-12-9/h1,3-4,9,12-13H,2,5-6,11H2. The minimum atomic E-state index is 0.238. The highest BCUT2D eigenvalue weighted by molar-refractivity contribution is 5.56. The van der Waals surface area contributed by atoms with Crippen molar-refractivity contribution in [1.82, 2.24) is 5.32 Å². The molecular formula is C10H14N2O. The smallest absolute Gasteiger partial charge is 0.143 e. The predicted molar refractivity (Wildman–Crippen MR) is 52.5 cm³/mol. The van der Waals surface area contributed by atoms with E-state index in [0.29, 0.717) is 5.69 Å². The molecule has 1 saturated heterocycles. The molecule has 0 amide bonds. The molecule has 1 aromatic rings. The number of hydrogen-bond acceptors (Lipinski definition) is 3. The molecule has 1 atom stereocenters. The summed E-state index contributed by atoms with van der Waals surface area (Å²) < 4.78 is 0. The molecule has 0 aromatic heterocycles. The Hall–Kier alpha value is -1.22. The molecule has 1 aliphatic rings. The van der Waals surface area contributed by atoms with Gasteiger partial charge in [-0.25, -0.2) is 0 Å². The SMILES string of the molecule is Nc1cccc(C2CCCN2)c1O. The van der Waals surface area contributed by atoms with Gasteiger partial charge in [-0.15, -0.1) is 0 Å². The average molecular weight is 178 g/mol. The van der Waals surface area contributed by atoms with Crippen LogP contribution in [0.1, 0.15) is 24.4 Å². The molecule has 0 saturated carbocycles. The topological polar surface area (TPSA) is 58.3 Å². The number of aromatic hydroxyl groups is 1. The number of nitrogens with two attached hydrogens (primary N) is 1. The number of rotatable bonds is 1. The van der Waals surface area contributed by atoms with Crippen LogP contribution in [0.5, 0.6) is 5.75 Å². The molecule has 3 heteroatoms. The fourth-order valence-corrected chi connectivity index (χ4v) is 1.81. The zero-order chi connectivity index (χ0) is 9.26. The lowest BCUT2D eigenvalue weighted by molar-refractivity contribution is 0.459. The molecule has 1 heterocycles. The van der Waals surface area contributed by atoms with Crippen molar-refractivity contribution in [3.05, 3.63) is 23.8 Å². The molecule has 3 nitrogen and oxygen atoms in total. The molecular weight excluding hydrogens is 164 g/mol. The molecule has 13 heavy (non-hydrogen) atoms. The Morgan fingerprint density at radius 3 is 3.00 bits per heavy atom. The molecule has 0 radical (unpaired) electrons. The molecule has 1 unspecified atom stereocenters. The van der Waals surface area contributed by atoms with Crippen molar-refractivity contribution in [3.63, 3.8) is 0 Å². The number of hydrogen-bond donors (Lipinski definition) is 3. The lowest BCUT2D eigenvalue weighted by Crippen LogP contribution is -2.13. The first kappa shape index (κ1) is 8.38. The van der Waals surface area contributed by atoms with E-state index in [0.717, 1.165) is 18.5 Å². The molecule has 70 valence electrons. The first-order valence-corrected chi connectivity index (χ1v) is 4.60. The molecule has 0 spiro atoms. The quantitative estimate of drug-likeness (QED) is 0.450. The molecule has 4 N–H and O–H groups in total. The maximum Gasteiger partial charge on any atom is 0.143 e. The third-order valence-corrected chi connectivity index (χ3v) is 2.53. The number of nitrogens with one attached hydrogen (secondary N) is 1. The van der Waals surface area contributed by atoms with Crippen LogP contribution in [0.2, 0.25) is 0 Å². The Morgan fingerprint density at radius 2 is 2.31 bits per heavy atom. The Bertz CT molecular complexity index is 306. The van der Waals surface area contributed by atoms with E-state index in [4.69, 9.17) is 5.73 Å². The number of para-hydroxylation sites is 1. The van der Waals surface area contributed by atoms with Crippen LogP contribution in [0.4, 0.5) is 5.69 Å². The monoisotopic (exact) mass is 178 g/mol. The Morgan fingerprint density at radius 1 is 1.46 bits per heavy atom. The van der Waals surface area contributed by atoms with E-state index >= 15 is 0 Å². The van der Waals surface area contributed by atoms with Crippen LogP contribution >= 0.6 is 0 Å². The van der Waals surface area contributed by atoms with E-state index in [-0.39, 0.29) is 11.8 Å². The van der Waals surface area contributed by atoms with Crippen LogP contribution in [-0.4, -0.2) is 11.7 Å². The van der Waals surface area contributed by atoms with Gasteiger partial charge in [0.15, 0.2) is 0 Å². The van der Waals surface area contributed by atoms with Gasteiger partial charge < -0.3 is 16.2 Å². The van der Waals surface area contributed by atoms with Gasteiger partial charge in [-0.1, -0.05) is 12.1 Å². The second kappa shape index (κ2) is 3.26. The summed E-state index contributed by atoms with van der Waals surface area (Å²) in [5, 5.41) is 13.0. The van der Waals surface area contributed by atoms with Gasteiger partial charge in [0, 0.05) is 11.6 Å². The molecule has 1 fully saturated rings. The van der Waals surface area contributed by atoms with Gasteiger partial charge in [0.25, 0.3) is 0 Å². The Labute approximate surface area is 77.6 Å². The fourth-order valence-electron chi connectivity index (χ4n) is 1.81. The Kier molecular flexibility index (Phi) is 2.10. The maximum atomic E-state index is 9.69. The highest BCUT2D eigenvalue weighted by atomic mass is 16.3. The van der Waals surface area contributed by atoms with Gasteiger partial charge in [-0.2, -0.15) is 0 Å². The summed E-state index contributed by atoms with van der Waals surface area (Å²) >= 11 is 0. The van der Waals surface area contributed by atoms with Crippen molar-refractivity contribution >= 4 is 5.69 Å². The highest BCUT2D eigenvalue weighted by Crippen LogP contribution is 2.33. The van der Waals surface area contributed by atoms with Crippen molar-refractivity contribution in [3.8, 4) is 5.75 Å². The average Bonchev–Trinajstić information content (AvgIpc) is 2.62. The van der Waals surface area contributed by atoms with Gasteiger partial charge in [-0.3, -0.25) is 0 Å². The number of anilines is 1. The third kappa shape index (κ3) is 1.47. The van der Waals surface area contributed by atoms with Crippen LogP contribution < -0.4 is 11.1 Å². The largest absolute Gasteiger partial charge is 0.505 e. The van der Waals surface area contributed by atoms with Gasteiger partial charge >= 0.3 is 0 Å². The van der Waals surface area contributed by atoms with Crippen LogP contribution in [0.15, 0.2) is 18.2 Å². The van der Waals surface area contributed by atoms with E-state index in [1.54, 1.807) is 6.07 Å². The van der Waals surface area contributed by atoms with Crippen LogP contribution in [0.25, 0.3) is 0 Å². The van der Waals surface area contributed by atoms with Crippen LogP contribution in [-0.2, 0) is 0 Å². The maximum absolute atomic E-state index is 9.69. The van der Waals surface area contributed by atoms with Gasteiger partial charge in [0.05, 0.1) is 5.69 Å². The molecule has 2 rings (SSSR count). The summed E-state index contributed by atoms with van der Waals surface area (Å²) in [4.78, 5) is 0. The van der Waals surface area contributed by atoms with Gasteiger partial charge in [-0.05, 0) is 25.5 Å². The van der Waals surface area contributed by atoms with Crippen LogP contribution in [0, 0.1) is 0 Å².